The normalized spacial score (nSPS) is 18.6. The molecule has 0 aliphatic heterocycles. The molecule has 0 radical (unpaired) electrons. The van der Waals surface area contributed by atoms with Crippen molar-refractivity contribution in [1.82, 2.24) is 9.55 Å². The van der Waals surface area contributed by atoms with Crippen LogP contribution < -0.4 is 0 Å². The largest absolute Gasteiger partial charge is 0.311 e. The number of hydrogen-bond acceptors (Lipinski definition) is 1. The van der Waals surface area contributed by atoms with E-state index in [0.717, 1.165) is 12.8 Å². The number of nitrogens with zero attached hydrogens (tertiary/aromatic N) is 2. The maximum absolute atomic E-state index is 4.83. The minimum absolute atomic E-state index is 0.371. The van der Waals surface area contributed by atoms with E-state index in [0.29, 0.717) is 11.8 Å². The predicted molar refractivity (Wildman–Crippen MR) is 166 cm³/mol. The number of aryl methyl sites for hydroxylation is 1. The average Bonchev–Trinajstić information content (AvgIpc) is 3.52. The van der Waals surface area contributed by atoms with Crippen LogP contribution in [0.3, 0.4) is 0 Å². The molecule has 9 rings (SSSR count). The number of allylic oxidation sites excluding steroid dienone is 1. The summed E-state index contributed by atoms with van der Waals surface area (Å²) < 4.78 is 2.50. The van der Waals surface area contributed by atoms with Crippen LogP contribution in [-0.2, 0) is 12.8 Å². The van der Waals surface area contributed by atoms with E-state index in [1.54, 1.807) is 0 Å². The Kier molecular flexibility index (Phi) is 4.64. The van der Waals surface area contributed by atoms with Crippen molar-refractivity contribution in [3.8, 4) is 27.9 Å². The number of rotatable bonds is 2. The molecule has 0 saturated carbocycles. The molecular weight excluding hydrogens is 484 g/mol. The van der Waals surface area contributed by atoms with Crippen LogP contribution in [0, 0.1) is 0 Å². The zero-order valence-electron chi connectivity index (χ0n) is 22.7. The molecule has 0 N–H and O–H groups in total. The first-order valence-corrected chi connectivity index (χ1v) is 14.7. The molecule has 0 spiro atoms. The summed E-state index contributed by atoms with van der Waals surface area (Å²) in [6, 6.07) is 31.9. The van der Waals surface area contributed by atoms with Gasteiger partial charge in [0.25, 0.3) is 0 Å². The Bertz CT molecular complexity index is 2010. The zero-order valence-corrected chi connectivity index (χ0v) is 22.7. The quantitative estimate of drug-likeness (QED) is 0.225. The SMILES string of the molecule is CC1CCCc2c1n(-c1ccc3c(c1)C=CC(c1ccc4c5c(cccc15)-c1ccccc1-4)C3)c1cccnc21. The van der Waals surface area contributed by atoms with Crippen LogP contribution in [-0.4, -0.2) is 9.55 Å². The van der Waals surface area contributed by atoms with E-state index in [1.807, 2.05) is 6.20 Å². The molecule has 3 aliphatic rings. The summed E-state index contributed by atoms with van der Waals surface area (Å²) in [5.74, 6) is 0.916. The monoisotopic (exact) mass is 514 g/mol. The molecule has 0 fully saturated rings. The molecular formula is C38H30N2. The first-order chi connectivity index (χ1) is 19.8. The summed E-state index contributed by atoms with van der Waals surface area (Å²) in [5.41, 5.74) is 16.3. The number of pyridine rings is 1. The topological polar surface area (TPSA) is 17.8 Å². The van der Waals surface area contributed by atoms with E-state index in [4.69, 9.17) is 4.98 Å². The molecule has 192 valence electrons. The molecule has 0 amide bonds. The maximum atomic E-state index is 4.83. The smallest absolute Gasteiger partial charge is 0.0919 e. The third-order valence-corrected chi connectivity index (χ3v) is 9.71. The van der Waals surface area contributed by atoms with Gasteiger partial charge in [0.1, 0.15) is 0 Å². The fraction of sp³-hybridized carbons (Fsp3) is 0.184. The lowest BCUT2D eigenvalue weighted by Crippen LogP contribution is -2.12. The molecule has 2 unspecified atom stereocenters. The molecule has 2 atom stereocenters. The lowest BCUT2D eigenvalue weighted by molar-refractivity contribution is 0.571. The maximum Gasteiger partial charge on any atom is 0.0919 e. The van der Waals surface area contributed by atoms with Gasteiger partial charge in [-0.3, -0.25) is 4.98 Å². The standard InChI is InChI=1S/C38H30N2/c1-23-7-4-12-34-37-35(13-6-20-39-37)40(38(23)34)27-17-16-24-21-26(15-14-25(24)22-27)28-18-19-33-30-9-3-2-8-29(30)32-11-5-10-31(28)36(32)33/h2-3,5-6,8-11,13-20,22-23,26H,4,7,12,21H2,1H3. The van der Waals surface area contributed by atoms with Gasteiger partial charge in [-0.15, -0.1) is 0 Å². The Morgan fingerprint density at radius 1 is 0.825 bits per heavy atom. The van der Waals surface area contributed by atoms with Gasteiger partial charge in [-0.1, -0.05) is 79.7 Å². The first kappa shape index (κ1) is 22.4. The highest BCUT2D eigenvalue weighted by molar-refractivity contribution is 6.16. The molecule has 40 heavy (non-hydrogen) atoms. The first-order valence-electron chi connectivity index (χ1n) is 14.7. The number of aromatic nitrogens is 2. The summed E-state index contributed by atoms with van der Waals surface area (Å²) in [4.78, 5) is 4.83. The highest BCUT2D eigenvalue weighted by Crippen LogP contribution is 2.49. The van der Waals surface area contributed by atoms with Crippen molar-refractivity contribution in [2.45, 2.75) is 44.4 Å². The molecule has 2 nitrogen and oxygen atoms in total. The fourth-order valence-corrected chi connectivity index (χ4v) is 7.92. The Hall–Kier alpha value is -4.43. The lowest BCUT2D eigenvalue weighted by Gasteiger charge is -2.25. The highest BCUT2D eigenvalue weighted by Gasteiger charge is 2.28. The molecule has 2 aromatic heterocycles. The minimum Gasteiger partial charge on any atom is -0.311 e. The lowest BCUT2D eigenvalue weighted by atomic mass is 9.82. The zero-order chi connectivity index (χ0) is 26.4. The summed E-state index contributed by atoms with van der Waals surface area (Å²) in [6.45, 7) is 2.38. The summed E-state index contributed by atoms with van der Waals surface area (Å²) in [5, 5.41) is 2.82. The van der Waals surface area contributed by atoms with Crippen LogP contribution in [0.4, 0.5) is 0 Å². The van der Waals surface area contributed by atoms with Crippen molar-refractivity contribution in [2.75, 3.05) is 0 Å². The van der Waals surface area contributed by atoms with Crippen molar-refractivity contribution in [1.29, 1.82) is 0 Å². The number of hydrogen-bond donors (Lipinski definition) is 0. The summed E-state index contributed by atoms with van der Waals surface area (Å²) in [7, 11) is 0. The van der Waals surface area contributed by atoms with Crippen LogP contribution >= 0.6 is 0 Å². The van der Waals surface area contributed by atoms with Crippen LogP contribution in [0.2, 0.25) is 0 Å². The van der Waals surface area contributed by atoms with Crippen molar-refractivity contribution in [3.05, 3.63) is 125 Å². The van der Waals surface area contributed by atoms with Crippen LogP contribution in [0.15, 0.2) is 97.2 Å². The number of fused-ring (bicyclic) bond motifs is 7. The van der Waals surface area contributed by atoms with Crippen LogP contribution in [0.1, 0.15) is 59.5 Å². The van der Waals surface area contributed by atoms with Gasteiger partial charge in [0.15, 0.2) is 0 Å². The van der Waals surface area contributed by atoms with E-state index in [-0.39, 0.29) is 0 Å². The third kappa shape index (κ3) is 3.02. The van der Waals surface area contributed by atoms with E-state index in [9.17, 15) is 0 Å². The van der Waals surface area contributed by atoms with Gasteiger partial charge >= 0.3 is 0 Å². The third-order valence-electron chi connectivity index (χ3n) is 9.71. The van der Waals surface area contributed by atoms with Gasteiger partial charge in [0.2, 0.25) is 0 Å². The molecule has 0 saturated heterocycles. The van der Waals surface area contributed by atoms with Gasteiger partial charge in [0, 0.05) is 29.1 Å². The predicted octanol–water partition coefficient (Wildman–Crippen LogP) is 9.62. The molecule has 2 heterocycles. The van der Waals surface area contributed by atoms with Crippen molar-refractivity contribution in [3.63, 3.8) is 0 Å². The van der Waals surface area contributed by atoms with Gasteiger partial charge in [-0.25, -0.2) is 0 Å². The Morgan fingerprint density at radius 2 is 1.68 bits per heavy atom. The van der Waals surface area contributed by atoms with Crippen molar-refractivity contribution in [2.24, 2.45) is 0 Å². The van der Waals surface area contributed by atoms with Crippen molar-refractivity contribution < 1.29 is 0 Å². The molecule has 6 aromatic rings. The Labute approximate surface area is 234 Å². The number of benzene rings is 4. The van der Waals surface area contributed by atoms with E-state index in [1.165, 1.54) is 90.5 Å². The molecule has 4 aromatic carbocycles. The second-order valence-corrected chi connectivity index (χ2v) is 11.9. The van der Waals surface area contributed by atoms with Crippen LogP contribution in [0.25, 0.3) is 55.8 Å². The summed E-state index contributed by atoms with van der Waals surface area (Å²) in [6.07, 6.45) is 11.4. The second kappa shape index (κ2) is 8.29. The van der Waals surface area contributed by atoms with E-state index in [2.05, 4.69) is 109 Å². The second-order valence-electron chi connectivity index (χ2n) is 11.9. The van der Waals surface area contributed by atoms with E-state index < -0.39 is 0 Å². The molecule has 2 heteroatoms. The van der Waals surface area contributed by atoms with Gasteiger partial charge in [0.05, 0.1) is 11.0 Å². The van der Waals surface area contributed by atoms with Gasteiger partial charge < -0.3 is 4.57 Å². The van der Waals surface area contributed by atoms with Gasteiger partial charge in [-0.2, -0.15) is 0 Å². The minimum atomic E-state index is 0.371. The summed E-state index contributed by atoms with van der Waals surface area (Å²) >= 11 is 0. The van der Waals surface area contributed by atoms with E-state index >= 15 is 0 Å². The molecule has 3 aliphatic carbocycles. The molecule has 0 bridgehead atoms. The van der Waals surface area contributed by atoms with Gasteiger partial charge in [-0.05, 0) is 106 Å². The van der Waals surface area contributed by atoms with Crippen molar-refractivity contribution >= 4 is 27.9 Å². The average molecular weight is 515 g/mol. The fourth-order valence-electron chi connectivity index (χ4n) is 7.92. The Balaban J connectivity index is 1.13. The highest BCUT2D eigenvalue weighted by atomic mass is 15.0. The Morgan fingerprint density at radius 3 is 2.58 bits per heavy atom. The van der Waals surface area contributed by atoms with Crippen LogP contribution in [0.5, 0.6) is 0 Å².